The van der Waals surface area contributed by atoms with Crippen LogP contribution < -0.4 is 0 Å². The summed E-state index contributed by atoms with van der Waals surface area (Å²) >= 11 is 0.898. The van der Waals surface area contributed by atoms with Crippen molar-refractivity contribution in [1.82, 2.24) is 4.98 Å². The molecule has 0 saturated heterocycles. The van der Waals surface area contributed by atoms with Gasteiger partial charge in [-0.2, -0.15) is 0 Å². The number of hydrogen-bond acceptors (Lipinski definition) is 5. The number of aliphatic hydroxyl groups is 1. The Bertz CT molecular complexity index is 575. The van der Waals surface area contributed by atoms with E-state index in [0.717, 1.165) is 11.3 Å². The quantitative estimate of drug-likeness (QED) is 0.905. The van der Waals surface area contributed by atoms with E-state index in [-0.39, 0.29) is 4.34 Å². The standard InChI is InChI=1S/C9H8FNO3S2/c10-8(5-12)16(13,14)9-11-6-3-1-2-4-7(6)15-9/h1-4,8,12H,5H2. The zero-order valence-electron chi connectivity index (χ0n) is 8.00. The van der Waals surface area contributed by atoms with Crippen LogP contribution in [0.5, 0.6) is 0 Å². The third-order valence-electron chi connectivity index (χ3n) is 2.00. The zero-order valence-corrected chi connectivity index (χ0v) is 9.63. The minimum absolute atomic E-state index is 0.296. The Balaban J connectivity index is 2.56. The molecule has 0 amide bonds. The van der Waals surface area contributed by atoms with Crippen molar-refractivity contribution in [3.05, 3.63) is 24.3 Å². The second-order valence-electron chi connectivity index (χ2n) is 3.09. The van der Waals surface area contributed by atoms with Gasteiger partial charge in [0.25, 0.3) is 0 Å². The maximum absolute atomic E-state index is 13.1. The van der Waals surface area contributed by atoms with Crippen LogP contribution >= 0.6 is 11.3 Å². The summed E-state index contributed by atoms with van der Waals surface area (Å²) in [4.78, 5) is 3.83. The molecular weight excluding hydrogens is 253 g/mol. The first kappa shape index (κ1) is 11.4. The van der Waals surface area contributed by atoms with Crippen LogP contribution in [0.15, 0.2) is 28.6 Å². The molecule has 1 N–H and O–H groups in total. The Morgan fingerprint density at radius 2 is 2.12 bits per heavy atom. The molecule has 1 aromatic carbocycles. The van der Waals surface area contributed by atoms with E-state index in [1.807, 2.05) is 0 Å². The number of nitrogens with zero attached hydrogens (tertiary/aromatic N) is 1. The highest BCUT2D eigenvalue weighted by Crippen LogP contribution is 2.27. The van der Waals surface area contributed by atoms with Gasteiger partial charge in [0, 0.05) is 0 Å². The molecule has 0 bridgehead atoms. The summed E-state index contributed by atoms with van der Waals surface area (Å²) in [6.45, 7) is -1.06. The predicted octanol–water partition coefficient (Wildman–Crippen LogP) is 1.36. The van der Waals surface area contributed by atoms with Gasteiger partial charge in [0.1, 0.15) is 0 Å². The summed E-state index contributed by atoms with van der Waals surface area (Å²) in [5.74, 6) is 0. The van der Waals surface area contributed by atoms with E-state index in [0.29, 0.717) is 10.2 Å². The number of alkyl halides is 1. The van der Waals surface area contributed by atoms with E-state index in [4.69, 9.17) is 5.11 Å². The molecule has 1 heterocycles. The van der Waals surface area contributed by atoms with Gasteiger partial charge in [0.05, 0.1) is 16.8 Å². The Labute approximate surface area is 95.3 Å². The molecule has 0 spiro atoms. The van der Waals surface area contributed by atoms with Gasteiger partial charge in [0.15, 0.2) is 0 Å². The highest BCUT2D eigenvalue weighted by atomic mass is 32.2. The number of sulfone groups is 1. The minimum Gasteiger partial charge on any atom is -0.392 e. The van der Waals surface area contributed by atoms with Gasteiger partial charge in [-0.3, -0.25) is 0 Å². The third kappa shape index (κ3) is 1.81. The molecule has 16 heavy (non-hydrogen) atoms. The molecule has 1 atom stereocenters. The lowest BCUT2D eigenvalue weighted by Gasteiger charge is -2.02. The normalized spacial score (nSPS) is 14.1. The maximum atomic E-state index is 13.1. The van der Waals surface area contributed by atoms with Crippen LogP contribution in [0.2, 0.25) is 0 Å². The number of benzene rings is 1. The second-order valence-corrected chi connectivity index (χ2v) is 6.36. The Hall–Kier alpha value is -1.05. The molecular formula is C9H8FNO3S2. The average molecular weight is 261 g/mol. The number of halogens is 1. The molecule has 0 aliphatic heterocycles. The van der Waals surface area contributed by atoms with Gasteiger partial charge in [-0.15, -0.1) is 11.3 Å². The Morgan fingerprint density at radius 3 is 2.75 bits per heavy atom. The third-order valence-corrected chi connectivity index (χ3v) is 5.18. The lowest BCUT2D eigenvalue weighted by atomic mass is 10.3. The molecule has 1 unspecified atom stereocenters. The van der Waals surface area contributed by atoms with E-state index in [2.05, 4.69) is 4.98 Å². The van der Waals surface area contributed by atoms with Gasteiger partial charge < -0.3 is 5.11 Å². The van der Waals surface area contributed by atoms with Crippen LogP contribution in [0.4, 0.5) is 4.39 Å². The van der Waals surface area contributed by atoms with Crippen molar-refractivity contribution in [2.24, 2.45) is 0 Å². The maximum Gasteiger partial charge on any atom is 0.239 e. The first-order valence-electron chi connectivity index (χ1n) is 4.40. The predicted molar refractivity (Wildman–Crippen MR) is 58.8 cm³/mol. The number of aromatic nitrogens is 1. The summed E-state index contributed by atoms with van der Waals surface area (Å²) in [6, 6.07) is 6.82. The number of aliphatic hydroxyl groups excluding tert-OH is 1. The molecule has 2 rings (SSSR count). The lowest BCUT2D eigenvalue weighted by molar-refractivity contribution is 0.226. The van der Waals surface area contributed by atoms with Crippen molar-refractivity contribution in [2.75, 3.05) is 6.61 Å². The van der Waals surface area contributed by atoms with Crippen molar-refractivity contribution in [3.8, 4) is 0 Å². The van der Waals surface area contributed by atoms with Crippen LogP contribution in [-0.2, 0) is 9.84 Å². The first-order valence-corrected chi connectivity index (χ1v) is 6.76. The summed E-state index contributed by atoms with van der Waals surface area (Å²) in [5, 5.41) is 8.53. The fourth-order valence-corrected chi connectivity index (χ4v) is 3.57. The van der Waals surface area contributed by atoms with Gasteiger partial charge in [0.2, 0.25) is 19.7 Å². The van der Waals surface area contributed by atoms with Gasteiger partial charge in [-0.25, -0.2) is 17.8 Å². The van der Waals surface area contributed by atoms with Crippen LogP contribution in [0.3, 0.4) is 0 Å². The Kier molecular flexibility index (Phi) is 2.92. The second kappa shape index (κ2) is 4.08. The largest absolute Gasteiger partial charge is 0.392 e. The van der Waals surface area contributed by atoms with Crippen molar-refractivity contribution >= 4 is 31.4 Å². The lowest BCUT2D eigenvalue weighted by Crippen LogP contribution is -2.20. The number of rotatable bonds is 3. The number of thiazole rings is 1. The van der Waals surface area contributed by atoms with Crippen LogP contribution in [0.1, 0.15) is 0 Å². The fraction of sp³-hybridized carbons (Fsp3) is 0.222. The van der Waals surface area contributed by atoms with Gasteiger partial charge in [-0.1, -0.05) is 12.1 Å². The van der Waals surface area contributed by atoms with Crippen LogP contribution in [0.25, 0.3) is 10.2 Å². The fourth-order valence-electron chi connectivity index (χ4n) is 1.18. The van der Waals surface area contributed by atoms with Crippen molar-refractivity contribution in [2.45, 2.75) is 9.84 Å². The molecule has 86 valence electrons. The van der Waals surface area contributed by atoms with E-state index < -0.39 is 21.9 Å². The van der Waals surface area contributed by atoms with Crippen molar-refractivity contribution < 1.29 is 17.9 Å². The molecule has 2 aromatic rings. The van der Waals surface area contributed by atoms with Crippen LogP contribution in [-0.4, -0.2) is 30.6 Å². The van der Waals surface area contributed by atoms with Crippen molar-refractivity contribution in [3.63, 3.8) is 0 Å². The molecule has 0 saturated carbocycles. The number of hydrogen-bond donors (Lipinski definition) is 1. The van der Waals surface area contributed by atoms with Gasteiger partial charge >= 0.3 is 0 Å². The monoisotopic (exact) mass is 261 g/mol. The summed E-state index contributed by atoms with van der Waals surface area (Å²) in [5.41, 5.74) is -1.80. The molecule has 0 aliphatic carbocycles. The molecule has 0 fully saturated rings. The van der Waals surface area contributed by atoms with E-state index in [1.54, 1.807) is 24.3 Å². The molecule has 1 aromatic heterocycles. The number of para-hydroxylation sites is 1. The van der Waals surface area contributed by atoms with E-state index >= 15 is 0 Å². The average Bonchev–Trinajstić information content (AvgIpc) is 2.72. The zero-order chi connectivity index (χ0) is 11.8. The van der Waals surface area contributed by atoms with Gasteiger partial charge in [-0.05, 0) is 12.1 Å². The Morgan fingerprint density at radius 1 is 1.44 bits per heavy atom. The molecule has 7 heteroatoms. The molecule has 0 radical (unpaired) electrons. The summed E-state index contributed by atoms with van der Waals surface area (Å²) < 4.78 is 36.5. The summed E-state index contributed by atoms with van der Waals surface area (Å²) in [6.07, 6.45) is 0. The number of fused-ring (bicyclic) bond motifs is 1. The topological polar surface area (TPSA) is 67.3 Å². The first-order chi connectivity index (χ1) is 7.55. The van der Waals surface area contributed by atoms with Crippen LogP contribution in [0, 0.1) is 0 Å². The van der Waals surface area contributed by atoms with E-state index in [1.165, 1.54) is 0 Å². The molecule has 0 aliphatic rings. The van der Waals surface area contributed by atoms with Crippen molar-refractivity contribution in [1.29, 1.82) is 0 Å². The SMILES string of the molecule is O=S(=O)(c1nc2ccccc2s1)C(F)CO. The smallest absolute Gasteiger partial charge is 0.239 e. The summed E-state index contributed by atoms with van der Waals surface area (Å²) in [7, 11) is -4.16. The highest BCUT2D eigenvalue weighted by Gasteiger charge is 2.29. The molecule has 4 nitrogen and oxygen atoms in total. The van der Waals surface area contributed by atoms with E-state index in [9.17, 15) is 12.8 Å². The minimum atomic E-state index is -4.16. The highest BCUT2D eigenvalue weighted by molar-refractivity contribution is 7.93.